The summed E-state index contributed by atoms with van der Waals surface area (Å²) in [5.41, 5.74) is 6.64. The number of aromatic nitrogens is 4. The highest BCUT2D eigenvalue weighted by Gasteiger charge is 2.47. The van der Waals surface area contributed by atoms with Crippen LogP contribution in [0.5, 0.6) is 0 Å². The van der Waals surface area contributed by atoms with E-state index < -0.39 is 0 Å². The quantitative estimate of drug-likeness (QED) is 0.307. The number of nitrogens with one attached hydrogen (secondary N) is 4. The summed E-state index contributed by atoms with van der Waals surface area (Å²) in [5, 5.41) is 7.21. The number of H-pyrrole nitrogens is 2. The van der Waals surface area contributed by atoms with Gasteiger partial charge in [0, 0.05) is 28.9 Å². The van der Waals surface area contributed by atoms with Gasteiger partial charge in [-0.25, -0.2) is 9.97 Å². The molecule has 4 fully saturated rings. The van der Waals surface area contributed by atoms with Crippen LogP contribution in [0.15, 0.2) is 48.5 Å². The van der Waals surface area contributed by atoms with Gasteiger partial charge in [-0.05, 0) is 55.6 Å². The number of fused-ring (bicyclic) bond motifs is 2. The summed E-state index contributed by atoms with van der Waals surface area (Å²) in [4.78, 5) is 15.9. The lowest BCUT2D eigenvalue weighted by molar-refractivity contribution is 0.528. The van der Waals surface area contributed by atoms with E-state index in [4.69, 9.17) is 4.98 Å². The number of piperidine rings is 2. The van der Waals surface area contributed by atoms with Crippen LogP contribution in [0.4, 0.5) is 4.39 Å². The SMILES string of the molecule is Cc1[nH]c([C@@H]2C[C@H]3C[C@H]3N2)nc1-c1ccc(-c2ccc(-c3nc([C@@H]4C[C@H]5C[C@H]5N4)[nH]c3F)cc2)cc1. The smallest absolute Gasteiger partial charge is 0.219 e. The number of imidazole rings is 2. The average molecular weight is 481 g/mol. The standard InChI is InChI=1S/C29H29FN6/c1-14-25(34-28(31-14)23-12-19-10-21(19)32-23)17-6-2-15(3-7-17)16-4-8-18(9-5-16)26-27(30)36-29(35-26)24-13-20-11-22(20)33-24/h2-9,19-24,32-33H,10-13H2,1H3,(H,31,34)(H,35,36)/t19-,20-,21-,22-,23+,24+/m1/s1. The zero-order valence-corrected chi connectivity index (χ0v) is 20.2. The highest BCUT2D eigenvalue weighted by molar-refractivity contribution is 5.72. The van der Waals surface area contributed by atoms with Crippen molar-refractivity contribution in [2.45, 2.75) is 56.8 Å². The van der Waals surface area contributed by atoms with Gasteiger partial charge in [0.15, 0.2) is 0 Å². The molecule has 4 aromatic rings. The molecule has 2 aliphatic heterocycles. The average Bonchev–Trinajstić information content (AvgIpc) is 3.51. The van der Waals surface area contributed by atoms with Gasteiger partial charge in [-0.2, -0.15) is 4.39 Å². The summed E-state index contributed by atoms with van der Waals surface area (Å²) in [5.74, 6) is 3.00. The first-order valence-electron chi connectivity index (χ1n) is 13.1. The van der Waals surface area contributed by atoms with E-state index in [-0.39, 0.29) is 12.0 Å². The summed E-state index contributed by atoms with van der Waals surface area (Å²) in [6, 6.07) is 18.3. The first-order chi connectivity index (χ1) is 17.6. The molecule has 2 saturated heterocycles. The maximum Gasteiger partial charge on any atom is 0.219 e. The fraction of sp³-hybridized carbons (Fsp3) is 0.379. The van der Waals surface area contributed by atoms with Crippen molar-refractivity contribution in [3.05, 3.63) is 71.8 Å². The number of aromatic amines is 2. The van der Waals surface area contributed by atoms with E-state index in [1.807, 2.05) is 24.3 Å². The van der Waals surface area contributed by atoms with E-state index in [9.17, 15) is 4.39 Å². The molecule has 0 radical (unpaired) electrons. The second-order valence-electron chi connectivity index (χ2n) is 11.1. The monoisotopic (exact) mass is 480 g/mol. The third kappa shape index (κ3) is 3.44. The molecule has 0 bridgehead atoms. The summed E-state index contributed by atoms with van der Waals surface area (Å²) in [7, 11) is 0. The van der Waals surface area contributed by atoms with Crippen LogP contribution in [0, 0.1) is 24.7 Å². The van der Waals surface area contributed by atoms with Gasteiger partial charge in [-0.15, -0.1) is 0 Å². The Hall–Kier alpha value is -3.29. The van der Waals surface area contributed by atoms with Crippen LogP contribution in [0.3, 0.4) is 0 Å². The number of benzene rings is 2. The van der Waals surface area contributed by atoms with Gasteiger partial charge in [-0.1, -0.05) is 48.5 Å². The number of nitrogens with zero attached hydrogens (tertiary/aromatic N) is 2. The fourth-order valence-corrected chi connectivity index (χ4v) is 6.36. The molecule has 4 N–H and O–H groups in total. The van der Waals surface area contributed by atoms with Gasteiger partial charge in [0.05, 0.1) is 17.8 Å². The van der Waals surface area contributed by atoms with Crippen molar-refractivity contribution >= 4 is 0 Å². The van der Waals surface area contributed by atoms with E-state index in [1.54, 1.807) is 0 Å². The van der Waals surface area contributed by atoms with Gasteiger partial charge < -0.3 is 20.6 Å². The van der Waals surface area contributed by atoms with E-state index in [0.29, 0.717) is 29.6 Å². The van der Waals surface area contributed by atoms with E-state index >= 15 is 0 Å². The number of halogens is 1. The third-order valence-corrected chi connectivity index (χ3v) is 8.64. The topological polar surface area (TPSA) is 81.4 Å². The Balaban J connectivity index is 1.00. The predicted octanol–water partition coefficient (Wildman–Crippen LogP) is 5.43. The highest BCUT2D eigenvalue weighted by atomic mass is 19.1. The Bertz CT molecular complexity index is 1320. The molecule has 6 nitrogen and oxygen atoms in total. The van der Waals surface area contributed by atoms with E-state index in [2.05, 4.69) is 56.8 Å². The van der Waals surface area contributed by atoms with Gasteiger partial charge >= 0.3 is 0 Å². The van der Waals surface area contributed by atoms with Crippen molar-refractivity contribution in [2.75, 3.05) is 0 Å². The molecule has 2 aromatic heterocycles. The van der Waals surface area contributed by atoms with Crippen LogP contribution < -0.4 is 10.6 Å². The molecule has 7 heteroatoms. The molecule has 0 unspecified atom stereocenters. The Morgan fingerprint density at radius 1 is 0.639 bits per heavy atom. The largest absolute Gasteiger partial charge is 0.344 e. The maximum atomic E-state index is 14.7. The van der Waals surface area contributed by atoms with Crippen LogP contribution >= 0.6 is 0 Å². The van der Waals surface area contributed by atoms with Crippen molar-refractivity contribution in [2.24, 2.45) is 11.8 Å². The maximum absolute atomic E-state index is 14.7. The molecule has 2 aliphatic carbocycles. The molecule has 4 aliphatic rings. The summed E-state index contributed by atoms with van der Waals surface area (Å²) >= 11 is 0. The van der Waals surface area contributed by atoms with E-state index in [0.717, 1.165) is 57.7 Å². The number of rotatable bonds is 5. The van der Waals surface area contributed by atoms with Crippen molar-refractivity contribution in [3.63, 3.8) is 0 Å². The first kappa shape index (κ1) is 20.9. The molecule has 0 amide bonds. The van der Waals surface area contributed by atoms with Crippen LogP contribution in [0.1, 0.15) is 55.1 Å². The molecule has 0 spiro atoms. The zero-order chi connectivity index (χ0) is 24.0. The van der Waals surface area contributed by atoms with Crippen LogP contribution in [0.25, 0.3) is 33.6 Å². The lowest BCUT2D eigenvalue weighted by atomic mass is 10.0. The summed E-state index contributed by atoms with van der Waals surface area (Å²) in [6.07, 6.45) is 4.80. The van der Waals surface area contributed by atoms with Crippen LogP contribution in [-0.4, -0.2) is 32.0 Å². The molecule has 4 heterocycles. The van der Waals surface area contributed by atoms with Gasteiger partial charge in [0.1, 0.15) is 17.3 Å². The molecule has 8 rings (SSSR count). The predicted molar refractivity (Wildman–Crippen MR) is 137 cm³/mol. The summed E-state index contributed by atoms with van der Waals surface area (Å²) < 4.78 is 14.7. The minimum atomic E-state index is -0.358. The van der Waals surface area contributed by atoms with Crippen LogP contribution in [0.2, 0.25) is 0 Å². The minimum Gasteiger partial charge on any atom is -0.344 e. The van der Waals surface area contributed by atoms with Gasteiger partial charge in [0.2, 0.25) is 5.95 Å². The van der Waals surface area contributed by atoms with E-state index in [1.165, 1.54) is 19.3 Å². The Morgan fingerprint density at radius 3 is 1.64 bits per heavy atom. The Morgan fingerprint density at radius 2 is 1.11 bits per heavy atom. The first-order valence-corrected chi connectivity index (χ1v) is 13.1. The Kier molecular flexibility index (Phi) is 4.41. The van der Waals surface area contributed by atoms with Crippen molar-refractivity contribution < 1.29 is 4.39 Å². The lowest BCUT2D eigenvalue weighted by Crippen LogP contribution is -2.18. The number of hydrogen-bond acceptors (Lipinski definition) is 4. The van der Waals surface area contributed by atoms with Gasteiger partial charge in [-0.3, -0.25) is 0 Å². The van der Waals surface area contributed by atoms with Gasteiger partial charge in [0.25, 0.3) is 0 Å². The van der Waals surface area contributed by atoms with Crippen molar-refractivity contribution in [1.82, 2.24) is 30.6 Å². The second-order valence-corrected chi connectivity index (χ2v) is 11.1. The zero-order valence-electron chi connectivity index (χ0n) is 20.2. The molecule has 182 valence electrons. The lowest BCUT2D eigenvalue weighted by Gasteiger charge is -2.09. The van der Waals surface area contributed by atoms with Crippen molar-refractivity contribution in [1.29, 1.82) is 0 Å². The molecular formula is C29H29FN6. The Labute approximate surface area is 209 Å². The second kappa shape index (κ2) is 7.60. The normalized spacial score (nSPS) is 29.8. The summed E-state index contributed by atoms with van der Waals surface area (Å²) in [6.45, 7) is 2.10. The number of hydrogen-bond donors (Lipinski definition) is 4. The molecule has 2 aromatic carbocycles. The molecular weight excluding hydrogens is 451 g/mol. The highest BCUT2D eigenvalue weighted by Crippen LogP contribution is 2.46. The minimum absolute atomic E-state index is 0.143. The van der Waals surface area contributed by atoms with Crippen LogP contribution in [-0.2, 0) is 0 Å². The fourth-order valence-electron chi connectivity index (χ4n) is 6.36. The van der Waals surface area contributed by atoms with Crippen molar-refractivity contribution in [3.8, 4) is 33.6 Å². The number of aryl methyl sites for hydroxylation is 1. The third-order valence-electron chi connectivity index (χ3n) is 8.64. The molecule has 2 saturated carbocycles. The molecule has 6 atom stereocenters. The molecule has 36 heavy (non-hydrogen) atoms.